The van der Waals surface area contributed by atoms with Crippen LogP contribution in [0.25, 0.3) is 0 Å². The topological polar surface area (TPSA) is 124 Å². The average Bonchev–Trinajstić information content (AvgIpc) is 2.17. The Morgan fingerprint density at radius 1 is 1.21 bits per heavy atom. The zero-order chi connectivity index (χ0) is 11.8. The number of hydrogen-bond acceptors (Lipinski definition) is 5. The van der Waals surface area contributed by atoms with Gasteiger partial charge in [0, 0.05) is 0 Å². The van der Waals surface area contributed by atoms with Crippen LogP contribution in [0.4, 0.5) is 0 Å². The highest BCUT2D eigenvalue weighted by atomic mass is 16.4. The zero-order valence-corrected chi connectivity index (χ0v) is 8.47. The van der Waals surface area contributed by atoms with Crippen LogP contribution in [0.15, 0.2) is 0 Å². The highest BCUT2D eigenvalue weighted by Crippen LogP contribution is 1.93. The lowest BCUT2D eigenvalue weighted by atomic mass is 10.1. The quantitative estimate of drug-likeness (QED) is 0.379. The van der Waals surface area contributed by atoms with Crippen molar-refractivity contribution in [2.75, 3.05) is 19.8 Å². The Morgan fingerprint density at radius 2 is 1.43 bits per heavy atom. The molecule has 0 amide bonds. The Labute approximate surface area is 83.0 Å². The molecule has 0 spiro atoms. The van der Waals surface area contributed by atoms with Crippen molar-refractivity contribution in [3.63, 3.8) is 0 Å². The Morgan fingerprint density at radius 3 is 1.43 bits per heavy atom. The van der Waals surface area contributed by atoms with Crippen LogP contribution in [0.2, 0.25) is 0 Å². The van der Waals surface area contributed by atoms with Gasteiger partial charge in [0.05, 0.1) is 31.3 Å². The van der Waals surface area contributed by atoms with Gasteiger partial charge in [-0.25, -0.2) is 0 Å². The summed E-state index contributed by atoms with van der Waals surface area (Å²) in [5, 5.41) is 33.0. The minimum atomic E-state index is -1.21. The van der Waals surface area contributed by atoms with Crippen LogP contribution < -0.4 is 5.73 Å². The summed E-state index contributed by atoms with van der Waals surface area (Å²) in [6.45, 7) is 2.07. The summed E-state index contributed by atoms with van der Waals surface area (Å²) in [5.74, 6) is -0.972. The first-order valence-corrected chi connectivity index (χ1v) is 4.17. The van der Waals surface area contributed by atoms with Crippen molar-refractivity contribution in [3.05, 3.63) is 0 Å². The first-order chi connectivity index (χ1) is 6.32. The molecule has 0 aromatic heterocycles. The molecule has 0 unspecified atom stereocenters. The van der Waals surface area contributed by atoms with Gasteiger partial charge in [0.25, 0.3) is 0 Å². The average molecular weight is 209 g/mol. The van der Waals surface area contributed by atoms with E-state index in [0.717, 1.165) is 0 Å². The molecule has 0 radical (unpaired) electrons. The van der Waals surface area contributed by atoms with Crippen molar-refractivity contribution in [1.82, 2.24) is 0 Å². The molecule has 0 fully saturated rings. The van der Waals surface area contributed by atoms with E-state index in [1.807, 2.05) is 0 Å². The second kappa shape index (κ2) is 7.69. The van der Waals surface area contributed by atoms with Crippen LogP contribution in [-0.2, 0) is 4.79 Å². The first kappa shape index (κ1) is 15.8. The summed E-state index contributed by atoms with van der Waals surface area (Å²) < 4.78 is 0. The fraction of sp³-hybridized carbons (Fsp3) is 0.875. The molecular formula is C8H19NO5. The molecule has 0 aliphatic carbocycles. The normalized spacial score (nSPS) is 10.8. The summed E-state index contributed by atoms with van der Waals surface area (Å²) in [5.41, 5.74) is 3.94. The molecule has 6 nitrogen and oxygen atoms in total. The van der Waals surface area contributed by atoms with Gasteiger partial charge in [-0.1, -0.05) is 13.8 Å². The van der Waals surface area contributed by atoms with E-state index in [9.17, 15) is 4.79 Å². The Balaban J connectivity index is 0. The molecular weight excluding hydrogens is 190 g/mol. The second-order valence-electron chi connectivity index (χ2n) is 3.33. The van der Waals surface area contributed by atoms with Gasteiger partial charge >= 0.3 is 5.97 Å². The van der Waals surface area contributed by atoms with E-state index in [1.165, 1.54) is 0 Å². The Kier molecular flexibility index (Phi) is 8.66. The summed E-state index contributed by atoms with van der Waals surface area (Å²) in [6.07, 6.45) is 0. The number of aliphatic hydroxyl groups excluding tert-OH is 3. The predicted molar refractivity (Wildman–Crippen MR) is 50.6 cm³/mol. The number of nitrogens with two attached hydrogens (primary N) is 1. The SMILES string of the molecule is CC(C)C(=O)O.NC(CO)(CO)CO. The molecule has 14 heavy (non-hydrogen) atoms. The largest absolute Gasteiger partial charge is 0.481 e. The van der Waals surface area contributed by atoms with Gasteiger partial charge < -0.3 is 26.2 Å². The van der Waals surface area contributed by atoms with Crippen molar-refractivity contribution < 1.29 is 25.2 Å². The van der Waals surface area contributed by atoms with E-state index in [1.54, 1.807) is 13.8 Å². The lowest BCUT2D eigenvalue weighted by Crippen LogP contribution is -2.50. The summed E-state index contributed by atoms with van der Waals surface area (Å²) in [6, 6.07) is 0. The van der Waals surface area contributed by atoms with Gasteiger partial charge in [-0.15, -0.1) is 0 Å². The van der Waals surface area contributed by atoms with E-state index in [0.29, 0.717) is 0 Å². The van der Waals surface area contributed by atoms with Crippen LogP contribution in [0, 0.1) is 5.92 Å². The van der Waals surface area contributed by atoms with Gasteiger partial charge in [0.2, 0.25) is 0 Å². The van der Waals surface area contributed by atoms with E-state index in [2.05, 4.69) is 0 Å². The molecule has 0 saturated carbocycles. The van der Waals surface area contributed by atoms with Gasteiger partial charge in [-0.05, 0) is 0 Å². The van der Waals surface area contributed by atoms with Crippen molar-refractivity contribution >= 4 is 5.97 Å². The minimum Gasteiger partial charge on any atom is -0.481 e. The Hall–Kier alpha value is -0.690. The van der Waals surface area contributed by atoms with Gasteiger partial charge in [0.15, 0.2) is 0 Å². The third kappa shape index (κ3) is 7.93. The standard InChI is InChI=1S/C4H11NO3.C4H8O2/c5-4(1-6,2-7)3-8;1-3(2)4(5)6/h6-8H,1-3,5H2;3H,1-2H3,(H,5,6). The molecule has 0 rings (SSSR count). The fourth-order valence-corrected chi connectivity index (χ4v) is 0.150. The molecule has 0 bridgehead atoms. The van der Waals surface area contributed by atoms with Crippen molar-refractivity contribution in [1.29, 1.82) is 0 Å². The van der Waals surface area contributed by atoms with Crippen LogP contribution >= 0.6 is 0 Å². The molecule has 0 atom stereocenters. The molecule has 0 aromatic rings. The van der Waals surface area contributed by atoms with Crippen LogP contribution in [0.5, 0.6) is 0 Å². The lowest BCUT2D eigenvalue weighted by Gasteiger charge is -2.20. The maximum absolute atomic E-state index is 9.70. The summed E-state index contributed by atoms with van der Waals surface area (Å²) in [4.78, 5) is 9.70. The van der Waals surface area contributed by atoms with Crippen LogP contribution in [-0.4, -0.2) is 51.8 Å². The number of carbonyl (C=O) groups is 1. The molecule has 6 N–H and O–H groups in total. The maximum Gasteiger partial charge on any atom is 0.305 e. The molecule has 6 heteroatoms. The van der Waals surface area contributed by atoms with Gasteiger partial charge in [-0.2, -0.15) is 0 Å². The summed E-state index contributed by atoms with van der Waals surface area (Å²) >= 11 is 0. The van der Waals surface area contributed by atoms with Crippen LogP contribution in [0.3, 0.4) is 0 Å². The van der Waals surface area contributed by atoms with E-state index >= 15 is 0 Å². The molecule has 0 saturated heterocycles. The van der Waals surface area contributed by atoms with Crippen molar-refractivity contribution in [3.8, 4) is 0 Å². The number of aliphatic hydroxyl groups is 3. The first-order valence-electron chi connectivity index (χ1n) is 4.17. The number of hydrogen-bond donors (Lipinski definition) is 5. The molecule has 0 aliphatic rings. The molecule has 0 aromatic carbocycles. The maximum atomic E-state index is 9.70. The van der Waals surface area contributed by atoms with Crippen LogP contribution in [0.1, 0.15) is 13.8 Å². The minimum absolute atomic E-state index is 0.231. The third-order valence-corrected chi connectivity index (χ3v) is 1.44. The number of carboxylic acid groups (broad SMARTS) is 1. The molecule has 0 aliphatic heterocycles. The van der Waals surface area contributed by atoms with Gasteiger partial charge in [-0.3, -0.25) is 4.79 Å². The Bertz CT molecular complexity index is 148. The van der Waals surface area contributed by atoms with E-state index < -0.39 is 31.3 Å². The second-order valence-corrected chi connectivity index (χ2v) is 3.33. The van der Waals surface area contributed by atoms with E-state index in [-0.39, 0.29) is 5.92 Å². The highest BCUT2D eigenvalue weighted by molar-refractivity contribution is 5.68. The van der Waals surface area contributed by atoms with E-state index in [4.69, 9.17) is 26.2 Å². The zero-order valence-electron chi connectivity index (χ0n) is 8.47. The lowest BCUT2D eigenvalue weighted by molar-refractivity contribution is -0.140. The molecule has 86 valence electrons. The third-order valence-electron chi connectivity index (χ3n) is 1.44. The van der Waals surface area contributed by atoms with Gasteiger partial charge in [0.1, 0.15) is 0 Å². The fourth-order valence-electron chi connectivity index (χ4n) is 0.150. The smallest absolute Gasteiger partial charge is 0.305 e. The predicted octanol–water partition coefficient (Wildman–Crippen LogP) is -1.61. The number of carboxylic acids is 1. The van der Waals surface area contributed by atoms with Crippen molar-refractivity contribution in [2.24, 2.45) is 11.7 Å². The summed E-state index contributed by atoms with van der Waals surface area (Å²) in [7, 11) is 0. The molecule has 0 heterocycles. The number of rotatable bonds is 4. The highest BCUT2D eigenvalue weighted by Gasteiger charge is 2.20. The monoisotopic (exact) mass is 209 g/mol. The number of aliphatic carboxylic acids is 1. The van der Waals surface area contributed by atoms with Crippen molar-refractivity contribution in [2.45, 2.75) is 19.4 Å².